The van der Waals surface area contributed by atoms with Gasteiger partial charge in [-0.25, -0.2) is 0 Å². The molecule has 1 amide bonds. The number of hydrogen-bond donors (Lipinski definition) is 1. The van der Waals surface area contributed by atoms with Gasteiger partial charge in [0.25, 0.3) is 0 Å². The van der Waals surface area contributed by atoms with Crippen LogP contribution >= 0.6 is 0 Å². The van der Waals surface area contributed by atoms with Crippen molar-refractivity contribution in [1.29, 1.82) is 0 Å². The maximum atomic E-state index is 11.6. The van der Waals surface area contributed by atoms with Crippen LogP contribution in [0, 0.1) is 0 Å². The second-order valence-corrected chi connectivity index (χ2v) is 6.05. The molecular weight excluding hydrogens is 302 g/mol. The van der Waals surface area contributed by atoms with Gasteiger partial charge in [-0.2, -0.15) is 0 Å². The average Bonchev–Trinajstić information content (AvgIpc) is 3.17. The maximum Gasteiger partial charge on any atom is 0.219 e. The van der Waals surface area contributed by atoms with Gasteiger partial charge >= 0.3 is 0 Å². The maximum absolute atomic E-state index is 11.6. The largest absolute Gasteiger partial charge is 0.468 e. The van der Waals surface area contributed by atoms with Crippen LogP contribution in [0.4, 0.5) is 5.69 Å². The monoisotopic (exact) mass is 327 g/mol. The Labute approximate surface area is 143 Å². The number of furan rings is 1. The molecule has 0 spiro atoms. The van der Waals surface area contributed by atoms with E-state index in [0.717, 1.165) is 31.9 Å². The van der Waals surface area contributed by atoms with Crippen molar-refractivity contribution in [3.05, 3.63) is 54.5 Å². The number of amides is 1. The van der Waals surface area contributed by atoms with Crippen LogP contribution in [-0.4, -0.2) is 43.5 Å². The number of piperazine rings is 1. The number of hydrogen-bond acceptors (Lipinski definition) is 4. The van der Waals surface area contributed by atoms with Crippen LogP contribution < -0.4 is 10.2 Å². The standard InChI is InChI=1S/C19H25N3O2/c1-2-19(23)20-15-17(18-9-6-14-24-18)22-12-10-21(11-13-22)16-7-4-3-5-8-16/h3-9,14,17H,2,10-13,15H2,1H3,(H,20,23)/t17-/m1/s1. The third kappa shape index (κ3) is 3.97. The Bertz CT molecular complexity index is 619. The summed E-state index contributed by atoms with van der Waals surface area (Å²) in [6.07, 6.45) is 2.21. The second-order valence-electron chi connectivity index (χ2n) is 6.05. The molecule has 5 nitrogen and oxygen atoms in total. The van der Waals surface area contributed by atoms with Crippen LogP contribution in [0.25, 0.3) is 0 Å². The first kappa shape index (κ1) is 16.6. The lowest BCUT2D eigenvalue weighted by Crippen LogP contribution is -2.49. The zero-order chi connectivity index (χ0) is 16.8. The minimum Gasteiger partial charge on any atom is -0.468 e. The van der Waals surface area contributed by atoms with E-state index in [1.54, 1.807) is 6.26 Å². The number of anilines is 1. The van der Waals surface area contributed by atoms with Crippen molar-refractivity contribution in [2.24, 2.45) is 0 Å². The lowest BCUT2D eigenvalue weighted by atomic mass is 10.1. The molecule has 128 valence electrons. The molecule has 5 heteroatoms. The summed E-state index contributed by atoms with van der Waals surface area (Å²) in [6.45, 7) is 6.30. The number of rotatable bonds is 6. The van der Waals surface area contributed by atoms with Gasteiger partial charge in [-0.3, -0.25) is 9.69 Å². The topological polar surface area (TPSA) is 48.7 Å². The van der Waals surface area contributed by atoms with Crippen molar-refractivity contribution in [1.82, 2.24) is 10.2 Å². The van der Waals surface area contributed by atoms with Gasteiger partial charge in [-0.1, -0.05) is 25.1 Å². The Hall–Kier alpha value is -2.27. The molecular formula is C19H25N3O2. The number of nitrogens with one attached hydrogen (secondary N) is 1. The normalized spacial score (nSPS) is 16.8. The highest BCUT2D eigenvalue weighted by atomic mass is 16.3. The van der Waals surface area contributed by atoms with Gasteiger partial charge in [0.2, 0.25) is 5.91 Å². The van der Waals surface area contributed by atoms with E-state index in [1.807, 2.05) is 25.1 Å². The summed E-state index contributed by atoms with van der Waals surface area (Å²) in [7, 11) is 0. The van der Waals surface area contributed by atoms with Gasteiger partial charge in [0.1, 0.15) is 5.76 Å². The summed E-state index contributed by atoms with van der Waals surface area (Å²) >= 11 is 0. The van der Waals surface area contributed by atoms with E-state index < -0.39 is 0 Å². The molecule has 1 aliphatic heterocycles. The number of para-hydroxylation sites is 1. The van der Waals surface area contributed by atoms with Crippen molar-refractivity contribution in [3.8, 4) is 0 Å². The van der Waals surface area contributed by atoms with Crippen LogP contribution in [-0.2, 0) is 4.79 Å². The molecule has 1 aromatic heterocycles. The second kappa shape index (κ2) is 8.02. The van der Waals surface area contributed by atoms with Gasteiger partial charge in [0.05, 0.1) is 12.3 Å². The van der Waals surface area contributed by atoms with Crippen LogP contribution in [0.1, 0.15) is 25.1 Å². The molecule has 1 N–H and O–H groups in total. The molecule has 3 rings (SSSR count). The van der Waals surface area contributed by atoms with Gasteiger partial charge < -0.3 is 14.6 Å². The molecule has 24 heavy (non-hydrogen) atoms. The van der Waals surface area contributed by atoms with Crippen molar-refractivity contribution in [2.45, 2.75) is 19.4 Å². The Morgan fingerprint density at radius 1 is 1.12 bits per heavy atom. The predicted molar refractivity (Wildman–Crippen MR) is 95.0 cm³/mol. The first-order valence-corrected chi connectivity index (χ1v) is 8.62. The van der Waals surface area contributed by atoms with E-state index in [2.05, 4.69) is 39.4 Å². The van der Waals surface area contributed by atoms with Crippen molar-refractivity contribution in [2.75, 3.05) is 37.6 Å². The molecule has 0 unspecified atom stereocenters. The molecule has 0 aliphatic carbocycles. The van der Waals surface area contributed by atoms with E-state index in [4.69, 9.17) is 4.42 Å². The van der Waals surface area contributed by atoms with Gasteiger partial charge in [-0.05, 0) is 24.3 Å². The fourth-order valence-corrected chi connectivity index (χ4v) is 3.16. The van der Waals surface area contributed by atoms with E-state index in [1.165, 1.54) is 5.69 Å². The predicted octanol–water partition coefficient (Wildman–Crippen LogP) is 2.67. The molecule has 2 aromatic rings. The highest BCUT2D eigenvalue weighted by Crippen LogP contribution is 2.24. The van der Waals surface area contributed by atoms with E-state index in [0.29, 0.717) is 13.0 Å². The molecule has 1 aromatic carbocycles. The molecule has 0 saturated carbocycles. The summed E-state index contributed by atoms with van der Waals surface area (Å²) < 4.78 is 5.62. The first-order chi connectivity index (χ1) is 11.8. The minimum atomic E-state index is 0.0782. The third-order valence-corrected chi connectivity index (χ3v) is 4.56. The summed E-state index contributed by atoms with van der Waals surface area (Å²) in [6, 6.07) is 14.5. The summed E-state index contributed by atoms with van der Waals surface area (Å²) in [5, 5.41) is 3.01. The highest BCUT2D eigenvalue weighted by Gasteiger charge is 2.27. The Balaban J connectivity index is 1.63. The number of benzene rings is 1. The molecule has 0 bridgehead atoms. The Morgan fingerprint density at radius 3 is 2.50 bits per heavy atom. The summed E-state index contributed by atoms with van der Waals surface area (Å²) in [5.74, 6) is 0.994. The van der Waals surface area contributed by atoms with Crippen molar-refractivity contribution >= 4 is 11.6 Å². The Kier molecular flexibility index (Phi) is 5.54. The molecule has 1 atom stereocenters. The molecule has 0 radical (unpaired) electrons. The molecule has 1 saturated heterocycles. The lowest BCUT2D eigenvalue weighted by molar-refractivity contribution is -0.121. The van der Waals surface area contributed by atoms with E-state index in [9.17, 15) is 4.79 Å². The lowest BCUT2D eigenvalue weighted by Gasteiger charge is -2.39. The van der Waals surface area contributed by atoms with Gasteiger partial charge in [0, 0.05) is 44.8 Å². The fourth-order valence-electron chi connectivity index (χ4n) is 3.16. The quantitative estimate of drug-likeness (QED) is 0.886. The number of nitrogens with zero attached hydrogens (tertiary/aromatic N) is 2. The molecule has 1 aliphatic rings. The summed E-state index contributed by atoms with van der Waals surface area (Å²) in [5.41, 5.74) is 1.27. The molecule has 1 fully saturated rings. The third-order valence-electron chi connectivity index (χ3n) is 4.56. The molecule has 2 heterocycles. The van der Waals surface area contributed by atoms with Crippen LogP contribution in [0.5, 0.6) is 0 Å². The average molecular weight is 327 g/mol. The summed E-state index contributed by atoms with van der Waals surface area (Å²) in [4.78, 5) is 16.4. The minimum absolute atomic E-state index is 0.0782. The fraction of sp³-hybridized carbons (Fsp3) is 0.421. The van der Waals surface area contributed by atoms with E-state index >= 15 is 0 Å². The van der Waals surface area contributed by atoms with Crippen LogP contribution in [0.3, 0.4) is 0 Å². The Morgan fingerprint density at radius 2 is 1.88 bits per heavy atom. The van der Waals surface area contributed by atoms with E-state index in [-0.39, 0.29) is 11.9 Å². The van der Waals surface area contributed by atoms with Gasteiger partial charge in [0.15, 0.2) is 0 Å². The zero-order valence-corrected chi connectivity index (χ0v) is 14.1. The highest BCUT2D eigenvalue weighted by molar-refractivity contribution is 5.75. The van der Waals surface area contributed by atoms with Crippen LogP contribution in [0.15, 0.2) is 53.1 Å². The first-order valence-electron chi connectivity index (χ1n) is 8.62. The van der Waals surface area contributed by atoms with Crippen molar-refractivity contribution < 1.29 is 9.21 Å². The van der Waals surface area contributed by atoms with Crippen LogP contribution in [0.2, 0.25) is 0 Å². The van der Waals surface area contributed by atoms with Gasteiger partial charge in [-0.15, -0.1) is 0 Å². The number of carbonyl (C=O) groups excluding carboxylic acids is 1. The SMILES string of the molecule is CCC(=O)NC[C@H](c1ccco1)N1CCN(c2ccccc2)CC1. The number of carbonyl (C=O) groups is 1. The zero-order valence-electron chi connectivity index (χ0n) is 14.1. The van der Waals surface area contributed by atoms with Crippen molar-refractivity contribution in [3.63, 3.8) is 0 Å². The smallest absolute Gasteiger partial charge is 0.219 e.